The molecule has 0 saturated carbocycles. The highest BCUT2D eigenvalue weighted by Gasteiger charge is 2.31. The second kappa shape index (κ2) is 7.46. The van der Waals surface area contributed by atoms with E-state index in [1.807, 2.05) is 4.90 Å². The predicted octanol–water partition coefficient (Wildman–Crippen LogP) is 1.45. The topological polar surface area (TPSA) is 80.1 Å². The van der Waals surface area contributed by atoms with Gasteiger partial charge in [0, 0.05) is 14.1 Å². The Morgan fingerprint density at radius 1 is 1.39 bits per heavy atom. The Kier molecular flexibility index (Phi) is 5.83. The normalized spacial score (nSPS) is 19.9. The molecular formula is C15H24N2O5S. The summed E-state index contributed by atoms with van der Waals surface area (Å²) in [5.41, 5.74) is 0. The predicted molar refractivity (Wildman–Crippen MR) is 84.3 cm³/mol. The van der Waals surface area contributed by atoms with Crippen LogP contribution >= 0.6 is 0 Å². The Labute approximate surface area is 137 Å². The lowest BCUT2D eigenvalue weighted by Gasteiger charge is -2.33. The molecule has 0 bridgehead atoms. The third-order valence-corrected chi connectivity index (χ3v) is 5.59. The zero-order chi connectivity index (χ0) is 17.0. The molecule has 2 rings (SSSR count). The minimum absolute atomic E-state index is 0.0813. The van der Waals surface area contributed by atoms with Gasteiger partial charge in [0.15, 0.2) is 0 Å². The van der Waals surface area contributed by atoms with E-state index in [2.05, 4.69) is 0 Å². The van der Waals surface area contributed by atoms with Gasteiger partial charge in [-0.15, -0.1) is 0 Å². The number of carbonyl (C=O) groups is 1. The summed E-state index contributed by atoms with van der Waals surface area (Å²) < 4.78 is 35.8. The van der Waals surface area contributed by atoms with E-state index in [-0.39, 0.29) is 17.1 Å². The van der Waals surface area contributed by atoms with E-state index in [0.717, 1.165) is 30.1 Å². The molecule has 0 aromatic carbocycles. The second-order valence-corrected chi connectivity index (χ2v) is 7.83. The van der Waals surface area contributed by atoms with Crippen LogP contribution in [0.2, 0.25) is 0 Å². The molecule has 0 radical (unpaired) electrons. The molecule has 1 aliphatic heterocycles. The Morgan fingerprint density at radius 3 is 2.78 bits per heavy atom. The van der Waals surface area contributed by atoms with Gasteiger partial charge < -0.3 is 9.15 Å². The molecule has 2 heterocycles. The number of sulfonamides is 1. The standard InChI is InChI=1S/C15H24N2O5S/c1-4-21-15(18)13-7-5-6-10-17(13)11-12-8-9-14(22-12)23(19,20)16(2)3/h8-9,13H,4-7,10-11H2,1-3H3. The molecule has 0 N–H and O–H groups in total. The van der Waals surface area contributed by atoms with Crippen molar-refractivity contribution in [3.05, 3.63) is 17.9 Å². The molecule has 1 atom stereocenters. The maximum atomic E-state index is 12.1. The van der Waals surface area contributed by atoms with E-state index in [0.29, 0.717) is 18.9 Å². The third kappa shape index (κ3) is 4.13. The summed E-state index contributed by atoms with van der Waals surface area (Å²) in [5.74, 6) is 0.307. The van der Waals surface area contributed by atoms with Crippen LogP contribution in [-0.4, -0.2) is 56.9 Å². The highest BCUT2D eigenvalue weighted by atomic mass is 32.2. The van der Waals surface area contributed by atoms with Gasteiger partial charge in [-0.1, -0.05) is 6.42 Å². The van der Waals surface area contributed by atoms with Crippen LogP contribution in [0.15, 0.2) is 21.6 Å². The fourth-order valence-corrected chi connectivity index (χ4v) is 3.46. The highest BCUT2D eigenvalue weighted by Crippen LogP contribution is 2.23. The fraction of sp³-hybridized carbons (Fsp3) is 0.667. The van der Waals surface area contributed by atoms with Gasteiger partial charge in [-0.3, -0.25) is 9.69 Å². The molecule has 7 nitrogen and oxygen atoms in total. The molecular weight excluding hydrogens is 320 g/mol. The number of esters is 1. The Bertz CT molecular complexity index is 638. The molecule has 0 amide bonds. The quantitative estimate of drug-likeness (QED) is 0.727. The van der Waals surface area contributed by atoms with Crippen molar-refractivity contribution in [1.82, 2.24) is 9.21 Å². The molecule has 1 unspecified atom stereocenters. The van der Waals surface area contributed by atoms with Gasteiger partial charge in [0.25, 0.3) is 10.0 Å². The first-order valence-corrected chi connectivity index (χ1v) is 9.22. The molecule has 8 heteroatoms. The van der Waals surface area contributed by atoms with Gasteiger partial charge in [0.1, 0.15) is 11.8 Å². The van der Waals surface area contributed by atoms with Crippen molar-refractivity contribution in [3.8, 4) is 0 Å². The van der Waals surface area contributed by atoms with Crippen molar-refractivity contribution in [1.29, 1.82) is 0 Å². The Balaban J connectivity index is 2.11. The lowest BCUT2D eigenvalue weighted by atomic mass is 10.0. The summed E-state index contributed by atoms with van der Waals surface area (Å²) >= 11 is 0. The summed E-state index contributed by atoms with van der Waals surface area (Å²) in [4.78, 5) is 14.0. The van der Waals surface area contributed by atoms with Gasteiger partial charge in [-0.2, -0.15) is 0 Å². The number of hydrogen-bond donors (Lipinski definition) is 0. The number of ether oxygens (including phenoxy) is 1. The molecule has 1 aliphatic rings. The number of nitrogens with zero attached hydrogens (tertiary/aromatic N) is 2. The first-order chi connectivity index (χ1) is 10.9. The minimum atomic E-state index is -3.58. The lowest BCUT2D eigenvalue weighted by Crippen LogP contribution is -2.44. The van der Waals surface area contributed by atoms with E-state index < -0.39 is 10.0 Å². The first kappa shape index (κ1) is 18.0. The molecule has 0 spiro atoms. The van der Waals surface area contributed by atoms with Crippen LogP contribution in [0.1, 0.15) is 31.9 Å². The summed E-state index contributed by atoms with van der Waals surface area (Å²) in [7, 11) is -0.664. The van der Waals surface area contributed by atoms with Crippen molar-refractivity contribution in [3.63, 3.8) is 0 Å². The van der Waals surface area contributed by atoms with Crippen molar-refractivity contribution in [2.45, 2.75) is 43.9 Å². The number of rotatable bonds is 6. The van der Waals surface area contributed by atoms with E-state index in [1.165, 1.54) is 20.2 Å². The SMILES string of the molecule is CCOC(=O)C1CCCCN1Cc1ccc(S(=O)(=O)N(C)C)o1. The smallest absolute Gasteiger partial charge is 0.323 e. The summed E-state index contributed by atoms with van der Waals surface area (Å²) in [6.07, 6.45) is 2.74. The number of furan rings is 1. The molecule has 0 aliphatic carbocycles. The van der Waals surface area contributed by atoms with Crippen LogP contribution in [0.3, 0.4) is 0 Å². The largest absolute Gasteiger partial charge is 0.465 e. The van der Waals surface area contributed by atoms with Crippen LogP contribution in [0.5, 0.6) is 0 Å². The van der Waals surface area contributed by atoms with Gasteiger partial charge in [0.05, 0.1) is 13.2 Å². The van der Waals surface area contributed by atoms with Crippen LogP contribution in [-0.2, 0) is 26.1 Å². The van der Waals surface area contributed by atoms with E-state index in [4.69, 9.17) is 9.15 Å². The minimum Gasteiger partial charge on any atom is -0.465 e. The Morgan fingerprint density at radius 2 is 2.13 bits per heavy atom. The molecule has 1 aromatic rings. The first-order valence-electron chi connectivity index (χ1n) is 7.78. The van der Waals surface area contributed by atoms with Crippen LogP contribution < -0.4 is 0 Å². The van der Waals surface area contributed by atoms with Crippen molar-refractivity contribution < 1.29 is 22.4 Å². The maximum absolute atomic E-state index is 12.1. The monoisotopic (exact) mass is 344 g/mol. The van der Waals surface area contributed by atoms with Crippen molar-refractivity contribution in [2.75, 3.05) is 27.2 Å². The third-order valence-electron chi connectivity index (χ3n) is 3.90. The average molecular weight is 344 g/mol. The van der Waals surface area contributed by atoms with E-state index in [9.17, 15) is 13.2 Å². The zero-order valence-electron chi connectivity index (χ0n) is 13.8. The van der Waals surface area contributed by atoms with Crippen LogP contribution in [0, 0.1) is 0 Å². The molecule has 1 aromatic heterocycles. The van der Waals surface area contributed by atoms with Crippen LogP contribution in [0.4, 0.5) is 0 Å². The van der Waals surface area contributed by atoms with Crippen molar-refractivity contribution in [2.24, 2.45) is 0 Å². The van der Waals surface area contributed by atoms with Crippen molar-refractivity contribution >= 4 is 16.0 Å². The summed E-state index contributed by atoms with van der Waals surface area (Å²) in [6, 6.07) is 2.81. The van der Waals surface area contributed by atoms with Gasteiger partial charge in [-0.05, 0) is 38.4 Å². The summed E-state index contributed by atoms with van der Waals surface area (Å²) in [5, 5.41) is -0.0813. The molecule has 130 valence electrons. The lowest BCUT2D eigenvalue weighted by molar-refractivity contribution is -0.151. The number of carbonyl (C=O) groups excluding carboxylic acids is 1. The van der Waals surface area contributed by atoms with E-state index >= 15 is 0 Å². The molecule has 23 heavy (non-hydrogen) atoms. The maximum Gasteiger partial charge on any atom is 0.323 e. The van der Waals surface area contributed by atoms with E-state index in [1.54, 1.807) is 13.0 Å². The number of hydrogen-bond acceptors (Lipinski definition) is 6. The number of likely N-dealkylation sites (tertiary alicyclic amines) is 1. The number of piperidine rings is 1. The van der Waals surface area contributed by atoms with Gasteiger partial charge in [0.2, 0.25) is 5.09 Å². The van der Waals surface area contributed by atoms with Gasteiger partial charge >= 0.3 is 5.97 Å². The highest BCUT2D eigenvalue weighted by molar-refractivity contribution is 7.88. The molecule has 1 fully saturated rings. The Hall–Kier alpha value is -1.38. The van der Waals surface area contributed by atoms with Gasteiger partial charge in [-0.25, -0.2) is 12.7 Å². The zero-order valence-corrected chi connectivity index (χ0v) is 14.6. The fourth-order valence-electron chi connectivity index (χ4n) is 2.65. The average Bonchev–Trinajstić information content (AvgIpc) is 2.97. The summed E-state index contributed by atoms with van der Waals surface area (Å²) in [6.45, 7) is 3.30. The second-order valence-electron chi connectivity index (χ2n) is 5.74. The molecule has 1 saturated heterocycles. The van der Waals surface area contributed by atoms with Crippen LogP contribution in [0.25, 0.3) is 0 Å².